The number of rotatable bonds is 5. The Morgan fingerprint density at radius 3 is 2.00 bits per heavy atom. The average molecular weight is 306 g/mol. The van der Waals surface area contributed by atoms with E-state index in [1.54, 1.807) is 0 Å². The average Bonchev–Trinajstić information content (AvgIpc) is 2.25. The Kier molecular flexibility index (Phi) is 5.87. The Morgan fingerprint density at radius 1 is 1.14 bits per heavy atom. The third-order valence-corrected chi connectivity index (χ3v) is 4.75. The van der Waals surface area contributed by atoms with E-state index in [4.69, 9.17) is 0 Å². The summed E-state index contributed by atoms with van der Waals surface area (Å²) < 4.78 is 11.6. The van der Waals surface area contributed by atoms with E-state index in [0.717, 1.165) is 28.7 Å². The molecule has 2 nitrogen and oxygen atoms in total. The molecule has 2 atom stereocenters. The highest BCUT2D eigenvalue weighted by Crippen LogP contribution is 2.33. The van der Waals surface area contributed by atoms with Gasteiger partial charge < -0.3 is 0 Å². The highest BCUT2D eigenvalue weighted by molar-refractivity contribution is 7.26. The van der Waals surface area contributed by atoms with Crippen LogP contribution in [0, 0.1) is 32.1 Å². The molecule has 0 saturated heterocycles. The van der Waals surface area contributed by atoms with Gasteiger partial charge >= 0.3 is 0 Å². The maximum Gasteiger partial charge on any atom is 0.178 e. The normalized spacial score (nSPS) is 15.0. The van der Waals surface area contributed by atoms with Gasteiger partial charge in [-0.15, -0.1) is 0 Å². The second-order valence-electron chi connectivity index (χ2n) is 7.43. The van der Waals surface area contributed by atoms with Crippen molar-refractivity contribution < 1.29 is 9.36 Å². The first-order valence-corrected chi connectivity index (χ1v) is 8.39. The molecule has 0 aliphatic carbocycles. The molecule has 2 unspecified atom stereocenters. The van der Waals surface area contributed by atoms with Crippen molar-refractivity contribution in [2.24, 2.45) is 11.3 Å². The van der Waals surface area contributed by atoms with E-state index in [1.807, 2.05) is 39.8 Å². The topological polar surface area (TPSA) is 34.1 Å². The predicted molar refractivity (Wildman–Crippen MR) is 89.6 cm³/mol. The molecule has 0 spiro atoms. The fourth-order valence-electron chi connectivity index (χ4n) is 3.20. The molecule has 0 radical (unpaired) electrons. The predicted octanol–water partition coefficient (Wildman–Crippen LogP) is 5.53. The third-order valence-electron chi connectivity index (χ3n) is 3.78. The van der Waals surface area contributed by atoms with Gasteiger partial charge in [0.05, 0.1) is 0 Å². The van der Waals surface area contributed by atoms with Crippen molar-refractivity contribution >= 4 is 14.2 Å². The number of carbonyl (C=O) groups excluding carboxylic acids is 1. The Morgan fingerprint density at radius 2 is 1.62 bits per heavy atom. The quantitative estimate of drug-likeness (QED) is 0.529. The van der Waals surface area contributed by atoms with Crippen molar-refractivity contribution in [3.8, 4) is 0 Å². The van der Waals surface area contributed by atoms with Crippen molar-refractivity contribution in [2.75, 3.05) is 0 Å². The summed E-state index contributed by atoms with van der Waals surface area (Å²) >= 11 is 0. The minimum Gasteiger partial charge on any atom is -0.293 e. The van der Waals surface area contributed by atoms with Crippen LogP contribution < -0.4 is 0 Å². The van der Waals surface area contributed by atoms with Crippen LogP contribution in [0.4, 0.5) is 0 Å². The lowest BCUT2D eigenvalue weighted by atomic mass is 9.81. The molecule has 1 aromatic rings. The van der Waals surface area contributed by atoms with Crippen LogP contribution in [0.2, 0.25) is 0 Å². The molecule has 116 valence electrons. The number of Topliss-reactive ketones (excluding diaryl/α,β-unsaturated/α-hetero) is 1. The number of hydrogen-bond acceptors (Lipinski definition) is 2. The summed E-state index contributed by atoms with van der Waals surface area (Å²) in [5.74, 6) is 0.107. The molecule has 0 bridgehead atoms. The van der Waals surface area contributed by atoms with E-state index >= 15 is 0 Å². The first-order chi connectivity index (χ1) is 9.56. The zero-order valence-corrected chi connectivity index (χ0v) is 15.2. The summed E-state index contributed by atoms with van der Waals surface area (Å²) in [6, 6.07) is 4.04. The van der Waals surface area contributed by atoms with Crippen molar-refractivity contribution in [2.45, 2.75) is 60.5 Å². The van der Waals surface area contributed by atoms with Crippen molar-refractivity contribution in [1.29, 1.82) is 0 Å². The van der Waals surface area contributed by atoms with Crippen LogP contribution in [-0.2, 0) is 4.57 Å². The van der Waals surface area contributed by atoms with Crippen LogP contribution in [0.15, 0.2) is 12.1 Å². The summed E-state index contributed by atoms with van der Waals surface area (Å²) in [5, 5.41) is 0. The van der Waals surface area contributed by atoms with E-state index in [2.05, 4.69) is 20.8 Å². The molecule has 0 aromatic heterocycles. The Hall–Kier alpha value is -1.01. The van der Waals surface area contributed by atoms with Gasteiger partial charge in [-0.25, -0.2) is 0 Å². The second-order valence-corrected chi connectivity index (χ2v) is 8.20. The molecule has 0 heterocycles. The number of carbonyl (C=O) groups is 1. The molecule has 1 aromatic carbocycles. The number of aryl methyl sites for hydroxylation is 3. The van der Waals surface area contributed by atoms with E-state index in [-0.39, 0.29) is 25.6 Å². The maximum absolute atomic E-state index is 12.8. The highest BCUT2D eigenvalue weighted by Gasteiger charge is 2.31. The van der Waals surface area contributed by atoms with Gasteiger partial charge in [-0.2, -0.15) is 0 Å². The second kappa shape index (κ2) is 6.83. The Balaban J connectivity index is 3.13. The van der Waals surface area contributed by atoms with Gasteiger partial charge in [-0.1, -0.05) is 45.4 Å². The lowest BCUT2D eigenvalue weighted by Gasteiger charge is -2.26. The van der Waals surface area contributed by atoms with Crippen LogP contribution >= 0.6 is 8.46 Å². The Labute approximate surface area is 130 Å². The monoisotopic (exact) mass is 306 g/mol. The highest BCUT2D eigenvalue weighted by atomic mass is 31.1. The molecular weight excluding hydrogens is 279 g/mol. The fourth-order valence-corrected chi connectivity index (χ4v) is 3.74. The van der Waals surface area contributed by atoms with Gasteiger partial charge in [0.2, 0.25) is 0 Å². The smallest absolute Gasteiger partial charge is 0.178 e. The minimum absolute atomic E-state index is 0.0124. The van der Waals surface area contributed by atoms with E-state index in [1.165, 1.54) is 0 Å². The summed E-state index contributed by atoms with van der Waals surface area (Å²) in [6.07, 6.45) is 0.878. The molecule has 3 heteroatoms. The fraction of sp³-hybridized carbons (Fsp3) is 0.611. The summed E-state index contributed by atoms with van der Waals surface area (Å²) in [7, 11) is -0.0724. The van der Waals surface area contributed by atoms with Gasteiger partial charge in [0.15, 0.2) is 14.2 Å². The first-order valence-electron chi connectivity index (χ1n) is 7.51. The summed E-state index contributed by atoms with van der Waals surface area (Å²) in [5.41, 5.74) is 3.53. The molecule has 0 saturated carbocycles. The van der Waals surface area contributed by atoms with Crippen LogP contribution in [0.1, 0.15) is 61.2 Å². The van der Waals surface area contributed by atoms with E-state index < -0.39 is 5.66 Å². The molecule has 0 amide bonds. The largest absolute Gasteiger partial charge is 0.293 e. The zero-order valence-electron chi connectivity index (χ0n) is 14.3. The van der Waals surface area contributed by atoms with Gasteiger partial charge in [0.25, 0.3) is 0 Å². The summed E-state index contributed by atoms with van der Waals surface area (Å²) in [6.45, 7) is 14.4. The van der Waals surface area contributed by atoms with Crippen molar-refractivity contribution in [3.63, 3.8) is 0 Å². The van der Waals surface area contributed by atoms with E-state index in [0.29, 0.717) is 0 Å². The first kappa shape index (κ1) is 18.0. The molecule has 0 N–H and O–H groups in total. The number of ketones is 1. The van der Waals surface area contributed by atoms with Gasteiger partial charge in [0, 0.05) is 5.56 Å². The number of benzene rings is 1. The summed E-state index contributed by atoms with van der Waals surface area (Å²) in [4.78, 5) is 12.8. The van der Waals surface area contributed by atoms with Gasteiger partial charge in [-0.05, 0) is 49.7 Å². The minimum atomic E-state index is -0.454. The van der Waals surface area contributed by atoms with E-state index in [9.17, 15) is 9.36 Å². The van der Waals surface area contributed by atoms with Crippen LogP contribution in [0.25, 0.3) is 0 Å². The zero-order chi connectivity index (χ0) is 16.4. The molecule has 0 fully saturated rings. The maximum atomic E-state index is 12.8. The van der Waals surface area contributed by atoms with Crippen LogP contribution in [0.3, 0.4) is 0 Å². The van der Waals surface area contributed by atoms with Gasteiger partial charge in [0.1, 0.15) is 5.66 Å². The molecule has 0 aliphatic heterocycles. The number of hydrogen-bond donors (Lipinski definition) is 0. The lowest BCUT2D eigenvalue weighted by molar-refractivity contribution is 0.0960. The van der Waals surface area contributed by atoms with Crippen LogP contribution in [-0.4, -0.2) is 11.4 Å². The molecular formula is C18H27O2P. The lowest BCUT2D eigenvalue weighted by Crippen LogP contribution is -2.27. The molecule has 1 rings (SSSR count). The van der Waals surface area contributed by atoms with Crippen LogP contribution in [0.5, 0.6) is 0 Å². The standard InChI is InChI=1S/C18H27O2P/c1-11-8-12(2)15(13(3)9-11)16(19)17(21-20)14(4)10-18(5,6)7/h8-9,14,17H,10H2,1-7H3. The van der Waals surface area contributed by atoms with Crippen molar-refractivity contribution in [3.05, 3.63) is 34.4 Å². The van der Waals surface area contributed by atoms with Gasteiger partial charge in [-0.3, -0.25) is 9.36 Å². The SMILES string of the molecule is Cc1cc(C)c(C(=O)C(P=O)C(C)CC(C)(C)C)c(C)c1. The van der Waals surface area contributed by atoms with Crippen molar-refractivity contribution in [1.82, 2.24) is 0 Å². The third kappa shape index (κ3) is 4.74. The Bertz CT molecular complexity index is 518. The molecule has 0 aliphatic rings. The molecule has 21 heavy (non-hydrogen) atoms.